The molecule has 17 heavy (non-hydrogen) atoms. The summed E-state index contributed by atoms with van der Waals surface area (Å²) in [6.45, 7) is 0. The third kappa shape index (κ3) is 2.80. The molecule has 0 saturated carbocycles. The summed E-state index contributed by atoms with van der Waals surface area (Å²) >= 11 is 0. The van der Waals surface area contributed by atoms with Crippen LogP contribution in [0, 0.1) is 20.2 Å². The van der Waals surface area contributed by atoms with E-state index in [0.717, 1.165) is 0 Å². The molecule has 0 fully saturated rings. The summed E-state index contributed by atoms with van der Waals surface area (Å²) in [6, 6.07) is 2.34. The number of nitro groups is 2. The van der Waals surface area contributed by atoms with Crippen LogP contribution in [0.25, 0.3) is 0 Å². The molecule has 1 aromatic rings. The number of benzene rings is 1. The number of hydrazine groups is 2. The van der Waals surface area contributed by atoms with Crippen molar-refractivity contribution in [1.29, 1.82) is 0 Å². The fourth-order valence-electron chi connectivity index (χ4n) is 1.03. The molecule has 0 aliphatic heterocycles. The summed E-state index contributed by atoms with van der Waals surface area (Å²) in [5.41, 5.74) is -1.62. The Kier molecular flexibility index (Phi) is 3.16. The van der Waals surface area contributed by atoms with Gasteiger partial charge in [0.15, 0.2) is 10.8 Å². The van der Waals surface area contributed by atoms with E-state index in [1.807, 2.05) is 0 Å². The topological polar surface area (TPSA) is 89.5 Å². The molecule has 1 aromatic carbocycles. The fraction of sp³-hybridized carbons (Fsp3) is 0.143. The molecule has 1 rings (SSSR count). The predicted molar refractivity (Wildman–Crippen MR) is 47.9 cm³/mol. The number of alkyl halides is 3. The Labute approximate surface area is 91.3 Å². The van der Waals surface area contributed by atoms with Crippen LogP contribution < -0.4 is 5.12 Å². The Balaban J connectivity index is 3.09. The standard InChI is InChI=1S/C7H4F3N3O4/c8-7(9,10)5-1-3-6(4-2-5)11(12(14)15)13(16)17/h1-4H. The molecule has 0 aliphatic rings. The lowest BCUT2D eigenvalue weighted by Crippen LogP contribution is -2.35. The average molecular weight is 251 g/mol. The first-order chi connectivity index (χ1) is 7.73. The van der Waals surface area contributed by atoms with Crippen molar-refractivity contribution in [2.45, 2.75) is 6.18 Å². The second-order valence-corrected chi connectivity index (χ2v) is 2.81. The van der Waals surface area contributed by atoms with E-state index in [-0.39, 0.29) is 0 Å². The maximum absolute atomic E-state index is 12.2. The van der Waals surface area contributed by atoms with Crippen LogP contribution in [0.5, 0.6) is 0 Å². The molecular formula is C7H4F3N3O4. The quantitative estimate of drug-likeness (QED) is 0.604. The van der Waals surface area contributed by atoms with Gasteiger partial charge >= 0.3 is 6.18 Å². The molecule has 0 N–H and O–H groups in total. The minimum atomic E-state index is -4.60. The van der Waals surface area contributed by atoms with E-state index in [1.54, 1.807) is 0 Å². The summed E-state index contributed by atoms with van der Waals surface area (Å²) in [5.74, 6) is 0. The van der Waals surface area contributed by atoms with Crippen LogP contribution in [0.2, 0.25) is 0 Å². The van der Waals surface area contributed by atoms with Gasteiger partial charge in [0.05, 0.1) is 5.56 Å². The molecule has 7 nitrogen and oxygen atoms in total. The van der Waals surface area contributed by atoms with Crippen LogP contribution in [0.4, 0.5) is 18.9 Å². The molecule has 0 aromatic heterocycles. The number of anilines is 1. The third-order valence-electron chi connectivity index (χ3n) is 1.73. The van der Waals surface area contributed by atoms with Gasteiger partial charge < -0.3 is 0 Å². The molecule has 0 spiro atoms. The van der Waals surface area contributed by atoms with E-state index in [1.165, 1.54) is 0 Å². The van der Waals surface area contributed by atoms with Crippen molar-refractivity contribution >= 4 is 5.69 Å². The second kappa shape index (κ2) is 4.23. The third-order valence-corrected chi connectivity index (χ3v) is 1.73. The monoisotopic (exact) mass is 251 g/mol. The maximum Gasteiger partial charge on any atom is 0.416 e. The van der Waals surface area contributed by atoms with Crippen molar-refractivity contribution in [3.8, 4) is 0 Å². The molecule has 0 amide bonds. The Morgan fingerprint density at radius 3 is 1.71 bits per heavy atom. The van der Waals surface area contributed by atoms with Crippen molar-refractivity contribution in [2.24, 2.45) is 0 Å². The van der Waals surface area contributed by atoms with Gasteiger partial charge in [-0.2, -0.15) is 13.2 Å². The van der Waals surface area contributed by atoms with Crippen LogP contribution in [-0.4, -0.2) is 10.1 Å². The molecule has 92 valence electrons. The smallest absolute Gasteiger partial charge is 0.230 e. The van der Waals surface area contributed by atoms with Gasteiger partial charge in [-0.1, -0.05) is 0 Å². The highest BCUT2D eigenvalue weighted by Crippen LogP contribution is 2.30. The van der Waals surface area contributed by atoms with Crippen LogP contribution in [0.1, 0.15) is 5.56 Å². The normalized spacial score (nSPS) is 11.0. The summed E-state index contributed by atoms with van der Waals surface area (Å²) in [7, 11) is 0. The second-order valence-electron chi connectivity index (χ2n) is 2.81. The largest absolute Gasteiger partial charge is 0.416 e. The van der Waals surface area contributed by atoms with E-state index >= 15 is 0 Å². The first kappa shape index (κ1) is 12.7. The Bertz CT molecular complexity index is 431. The first-order valence-corrected chi connectivity index (χ1v) is 3.99. The molecule has 0 atom stereocenters. The minimum absolute atomic E-state index is 0.472. The molecular weight excluding hydrogens is 247 g/mol. The number of rotatable bonds is 3. The molecule has 0 saturated heterocycles. The summed E-state index contributed by atoms with van der Waals surface area (Å²) in [5, 5.41) is 17.4. The highest BCUT2D eigenvalue weighted by Gasteiger charge is 2.33. The van der Waals surface area contributed by atoms with Gasteiger partial charge in [-0.15, -0.1) is 0 Å². The lowest BCUT2D eigenvalue weighted by molar-refractivity contribution is -0.711. The van der Waals surface area contributed by atoms with Gasteiger partial charge in [0.1, 0.15) is 0 Å². The van der Waals surface area contributed by atoms with E-state index in [2.05, 4.69) is 0 Å². The lowest BCUT2D eigenvalue weighted by Gasteiger charge is -2.07. The van der Waals surface area contributed by atoms with Crippen molar-refractivity contribution in [3.05, 3.63) is 50.1 Å². The van der Waals surface area contributed by atoms with E-state index in [4.69, 9.17) is 0 Å². The minimum Gasteiger partial charge on any atom is -0.230 e. The molecule has 0 bridgehead atoms. The molecule has 0 radical (unpaired) electrons. The van der Waals surface area contributed by atoms with E-state index in [9.17, 15) is 33.4 Å². The van der Waals surface area contributed by atoms with Gasteiger partial charge in [-0.3, -0.25) is 0 Å². The maximum atomic E-state index is 12.2. The predicted octanol–water partition coefficient (Wildman–Crippen LogP) is 1.90. The van der Waals surface area contributed by atoms with Crippen LogP contribution in [-0.2, 0) is 6.18 Å². The van der Waals surface area contributed by atoms with Crippen LogP contribution in [0.3, 0.4) is 0 Å². The zero-order chi connectivity index (χ0) is 13.2. The van der Waals surface area contributed by atoms with E-state index in [0.29, 0.717) is 24.3 Å². The van der Waals surface area contributed by atoms with Gasteiger partial charge in [-0.25, -0.2) is 20.2 Å². The van der Waals surface area contributed by atoms with Crippen LogP contribution >= 0.6 is 0 Å². The number of nitrogens with zero attached hydrogens (tertiary/aromatic N) is 3. The Morgan fingerprint density at radius 1 is 1.00 bits per heavy atom. The van der Waals surface area contributed by atoms with Crippen molar-refractivity contribution in [2.75, 3.05) is 5.12 Å². The van der Waals surface area contributed by atoms with Gasteiger partial charge in [0.2, 0.25) is 10.1 Å². The Hall–Kier alpha value is -2.39. The van der Waals surface area contributed by atoms with Gasteiger partial charge in [0, 0.05) is 0 Å². The average Bonchev–Trinajstić information content (AvgIpc) is 2.15. The highest BCUT2D eigenvalue weighted by molar-refractivity contribution is 5.43. The summed E-state index contributed by atoms with van der Waals surface area (Å²) in [4.78, 5) is 20.6. The zero-order valence-electron chi connectivity index (χ0n) is 7.92. The number of hydrogen-bond donors (Lipinski definition) is 0. The molecule has 0 heterocycles. The van der Waals surface area contributed by atoms with Crippen molar-refractivity contribution < 1.29 is 23.2 Å². The zero-order valence-corrected chi connectivity index (χ0v) is 7.92. The number of hydrogen-bond acceptors (Lipinski definition) is 4. The van der Waals surface area contributed by atoms with E-state index < -0.39 is 32.6 Å². The lowest BCUT2D eigenvalue weighted by atomic mass is 10.2. The Morgan fingerprint density at radius 2 is 1.41 bits per heavy atom. The van der Waals surface area contributed by atoms with Gasteiger partial charge in [-0.05, 0) is 24.3 Å². The first-order valence-electron chi connectivity index (χ1n) is 3.99. The summed E-state index contributed by atoms with van der Waals surface area (Å²) in [6.07, 6.45) is -4.60. The van der Waals surface area contributed by atoms with Gasteiger partial charge in [0.25, 0.3) is 0 Å². The van der Waals surface area contributed by atoms with Crippen LogP contribution in [0.15, 0.2) is 24.3 Å². The number of halogens is 3. The molecule has 10 heteroatoms. The molecule has 0 aliphatic carbocycles. The summed E-state index contributed by atoms with van der Waals surface area (Å²) < 4.78 is 36.5. The van der Waals surface area contributed by atoms with Crippen molar-refractivity contribution in [3.63, 3.8) is 0 Å². The SMILES string of the molecule is O=[N+]([O-])N(c1ccc(C(F)(F)F)cc1)[N+](=O)[O-]. The fourth-order valence-corrected chi connectivity index (χ4v) is 1.03. The molecule has 0 unspecified atom stereocenters. The van der Waals surface area contributed by atoms with Crippen molar-refractivity contribution in [1.82, 2.24) is 0 Å². The highest BCUT2D eigenvalue weighted by atomic mass is 19.4.